The Labute approximate surface area is 106 Å². The third kappa shape index (κ3) is 2.18. The smallest absolute Gasteiger partial charge is 0.0738 e. The van der Waals surface area contributed by atoms with Crippen LogP contribution >= 0.6 is 15.9 Å². The van der Waals surface area contributed by atoms with Crippen LogP contribution in [0.1, 0.15) is 38.7 Å². The van der Waals surface area contributed by atoms with Crippen LogP contribution in [-0.2, 0) is 6.42 Å². The summed E-state index contributed by atoms with van der Waals surface area (Å²) in [5, 5.41) is 10.7. The van der Waals surface area contributed by atoms with Crippen molar-refractivity contribution < 1.29 is 5.11 Å². The zero-order valence-electron chi connectivity index (χ0n) is 9.96. The lowest BCUT2D eigenvalue weighted by atomic mass is 9.74. The number of benzene rings is 1. The summed E-state index contributed by atoms with van der Waals surface area (Å²) < 4.78 is 1.09. The average molecular weight is 283 g/mol. The number of halogens is 1. The van der Waals surface area contributed by atoms with E-state index >= 15 is 0 Å². The number of rotatable bonds is 2. The summed E-state index contributed by atoms with van der Waals surface area (Å²) in [5.41, 5.74) is 0.718. The Morgan fingerprint density at radius 3 is 2.62 bits per heavy atom. The molecule has 0 heterocycles. The molecule has 0 spiro atoms. The average Bonchev–Trinajstić information content (AvgIpc) is 2.41. The molecule has 1 nitrogen and oxygen atoms in total. The van der Waals surface area contributed by atoms with Crippen LogP contribution < -0.4 is 0 Å². The molecule has 1 N–H and O–H groups in total. The number of hydrogen-bond acceptors (Lipinski definition) is 1. The van der Waals surface area contributed by atoms with Crippen LogP contribution in [0, 0.1) is 5.41 Å². The summed E-state index contributed by atoms with van der Waals surface area (Å²) in [7, 11) is 0. The molecule has 1 aromatic rings. The van der Waals surface area contributed by atoms with E-state index in [4.69, 9.17) is 0 Å². The summed E-state index contributed by atoms with van der Waals surface area (Å²) >= 11 is 3.48. The lowest BCUT2D eigenvalue weighted by Crippen LogP contribution is -2.41. The molecule has 0 amide bonds. The van der Waals surface area contributed by atoms with Gasteiger partial charge in [-0.05, 0) is 42.4 Å². The molecule has 1 aromatic carbocycles. The predicted octanol–water partition coefficient (Wildman–Crippen LogP) is 3.93. The highest BCUT2D eigenvalue weighted by Gasteiger charge is 2.47. The summed E-state index contributed by atoms with van der Waals surface area (Å²) in [6.45, 7) is 4.36. The normalized spacial score (nSPS) is 28.2. The minimum atomic E-state index is -0.534. The fourth-order valence-corrected chi connectivity index (χ4v) is 3.15. The Morgan fingerprint density at radius 1 is 1.31 bits per heavy atom. The molecule has 1 atom stereocenters. The van der Waals surface area contributed by atoms with Crippen molar-refractivity contribution in [1.29, 1.82) is 0 Å². The largest absolute Gasteiger partial charge is 0.389 e. The van der Waals surface area contributed by atoms with Crippen LogP contribution in [0.4, 0.5) is 0 Å². The van der Waals surface area contributed by atoms with Crippen LogP contribution in [0.25, 0.3) is 0 Å². The molecule has 2 heteroatoms. The summed E-state index contributed by atoms with van der Waals surface area (Å²) in [4.78, 5) is 0. The maximum atomic E-state index is 10.7. The number of hydrogen-bond donors (Lipinski definition) is 1. The lowest BCUT2D eigenvalue weighted by molar-refractivity contribution is -0.0419. The molecule has 0 saturated heterocycles. The van der Waals surface area contributed by atoms with E-state index in [-0.39, 0.29) is 5.41 Å². The van der Waals surface area contributed by atoms with Crippen molar-refractivity contribution in [1.82, 2.24) is 0 Å². The van der Waals surface area contributed by atoms with E-state index < -0.39 is 5.60 Å². The van der Waals surface area contributed by atoms with E-state index in [0.29, 0.717) is 0 Å². The van der Waals surface area contributed by atoms with Crippen molar-refractivity contribution in [2.75, 3.05) is 0 Å². The molecule has 0 aliphatic heterocycles. The molecule has 0 bridgehead atoms. The van der Waals surface area contributed by atoms with Gasteiger partial charge < -0.3 is 5.11 Å². The Morgan fingerprint density at radius 2 is 2.06 bits per heavy atom. The van der Waals surface area contributed by atoms with Crippen molar-refractivity contribution >= 4 is 15.9 Å². The van der Waals surface area contributed by atoms with Gasteiger partial charge in [0, 0.05) is 10.9 Å². The zero-order chi connectivity index (χ0) is 11.8. The monoisotopic (exact) mass is 282 g/mol. The van der Waals surface area contributed by atoms with E-state index in [1.54, 1.807) is 0 Å². The molecule has 1 aliphatic rings. The van der Waals surface area contributed by atoms with Crippen LogP contribution in [0.5, 0.6) is 0 Å². The third-order valence-corrected chi connectivity index (χ3v) is 4.53. The van der Waals surface area contributed by atoms with E-state index in [2.05, 4.69) is 41.9 Å². The van der Waals surface area contributed by atoms with Crippen molar-refractivity contribution in [3.05, 3.63) is 34.3 Å². The minimum absolute atomic E-state index is 0.0370. The van der Waals surface area contributed by atoms with Gasteiger partial charge in [0.05, 0.1) is 5.60 Å². The van der Waals surface area contributed by atoms with Gasteiger partial charge in [-0.3, -0.25) is 0 Å². The Kier molecular flexibility index (Phi) is 3.15. The molecular weight excluding hydrogens is 264 g/mol. The Hall–Kier alpha value is -0.340. The van der Waals surface area contributed by atoms with Gasteiger partial charge >= 0.3 is 0 Å². The fraction of sp³-hybridized carbons (Fsp3) is 0.571. The second-order valence-corrected chi connectivity index (χ2v) is 6.49. The van der Waals surface area contributed by atoms with Gasteiger partial charge in [0.15, 0.2) is 0 Å². The van der Waals surface area contributed by atoms with Crippen LogP contribution in [0.15, 0.2) is 28.7 Å². The Bertz CT molecular complexity index is 386. The fourth-order valence-electron chi connectivity index (χ4n) is 2.71. The molecule has 0 radical (unpaired) electrons. The van der Waals surface area contributed by atoms with E-state index in [9.17, 15) is 5.11 Å². The highest BCUT2D eigenvalue weighted by atomic mass is 79.9. The maximum Gasteiger partial charge on any atom is 0.0738 e. The van der Waals surface area contributed by atoms with Gasteiger partial charge in [0.25, 0.3) is 0 Å². The first kappa shape index (κ1) is 12.1. The lowest BCUT2D eigenvalue weighted by Gasteiger charge is -2.37. The molecule has 1 fully saturated rings. The third-order valence-electron chi connectivity index (χ3n) is 4.04. The molecule has 88 valence electrons. The van der Waals surface area contributed by atoms with Crippen molar-refractivity contribution in [2.24, 2.45) is 5.41 Å². The summed E-state index contributed by atoms with van der Waals surface area (Å²) in [6.07, 6.45) is 3.95. The van der Waals surface area contributed by atoms with E-state index in [1.807, 2.05) is 12.1 Å². The van der Waals surface area contributed by atoms with E-state index in [1.165, 1.54) is 5.56 Å². The van der Waals surface area contributed by atoms with Gasteiger partial charge in [-0.15, -0.1) is 0 Å². The standard InChI is InChI=1S/C14H19BrO/c1-13(2)7-4-8-14(13,16)10-11-5-3-6-12(15)9-11/h3,5-6,9,16H,4,7-8,10H2,1-2H3. The van der Waals surface area contributed by atoms with Gasteiger partial charge in [-0.2, -0.15) is 0 Å². The Balaban J connectivity index is 2.21. The SMILES string of the molecule is CC1(C)CCCC1(O)Cc1cccc(Br)c1. The molecule has 0 aromatic heterocycles. The van der Waals surface area contributed by atoms with Crippen LogP contribution in [0.3, 0.4) is 0 Å². The highest BCUT2D eigenvalue weighted by molar-refractivity contribution is 9.10. The van der Waals surface area contributed by atoms with Gasteiger partial charge in [-0.1, -0.05) is 41.9 Å². The van der Waals surface area contributed by atoms with Gasteiger partial charge in [0.2, 0.25) is 0 Å². The second kappa shape index (κ2) is 4.15. The minimum Gasteiger partial charge on any atom is -0.389 e. The molecular formula is C14H19BrO. The topological polar surface area (TPSA) is 20.2 Å². The first-order valence-electron chi connectivity index (χ1n) is 5.90. The van der Waals surface area contributed by atoms with E-state index in [0.717, 1.165) is 30.2 Å². The van der Waals surface area contributed by atoms with Crippen LogP contribution in [-0.4, -0.2) is 10.7 Å². The quantitative estimate of drug-likeness (QED) is 0.871. The second-order valence-electron chi connectivity index (χ2n) is 5.58. The molecule has 1 unspecified atom stereocenters. The van der Waals surface area contributed by atoms with Crippen LogP contribution in [0.2, 0.25) is 0 Å². The van der Waals surface area contributed by atoms with Gasteiger partial charge in [-0.25, -0.2) is 0 Å². The van der Waals surface area contributed by atoms with Gasteiger partial charge in [0.1, 0.15) is 0 Å². The first-order valence-corrected chi connectivity index (χ1v) is 6.69. The maximum absolute atomic E-state index is 10.7. The predicted molar refractivity (Wildman–Crippen MR) is 70.4 cm³/mol. The summed E-state index contributed by atoms with van der Waals surface area (Å²) in [6, 6.07) is 8.25. The zero-order valence-corrected chi connectivity index (χ0v) is 11.5. The highest BCUT2D eigenvalue weighted by Crippen LogP contribution is 2.47. The van der Waals surface area contributed by atoms with Crippen molar-refractivity contribution in [3.8, 4) is 0 Å². The summed E-state index contributed by atoms with van der Waals surface area (Å²) in [5.74, 6) is 0. The first-order chi connectivity index (χ1) is 7.43. The molecule has 2 rings (SSSR count). The van der Waals surface area contributed by atoms with Crippen molar-refractivity contribution in [3.63, 3.8) is 0 Å². The van der Waals surface area contributed by atoms with Crippen molar-refractivity contribution in [2.45, 2.75) is 45.1 Å². The molecule has 1 saturated carbocycles. The number of aliphatic hydroxyl groups is 1. The molecule has 1 aliphatic carbocycles. The molecule has 16 heavy (non-hydrogen) atoms.